The Morgan fingerprint density at radius 1 is 0.230 bits per heavy atom. The van der Waals surface area contributed by atoms with Crippen LogP contribution in [0, 0.1) is 0 Å². The Balaban J connectivity index is 0.989. The summed E-state index contributed by atoms with van der Waals surface area (Å²) in [7, 11) is 0. The highest BCUT2D eigenvalue weighted by molar-refractivity contribution is 6.05. The van der Waals surface area contributed by atoms with Gasteiger partial charge in [-0.05, 0) is 64.7 Å². The molecule has 6 nitrogen and oxygen atoms in total. The highest BCUT2D eigenvalue weighted by Gasteiger charge is 2.16. The molecule has 0 aliphatic carbocycles. The topological polar surface area (TPSA) is 77.6 Å². The van der Waals surface area contributed by atoms with Gasteiger partial charge < -0.3 is 4.42 Å². The number of fused-ring (bicyclic) bond motifs is 3. The Hall–Kier alpha value is -8.35. The van der Waals surface area contributed by atoms with Crippen LogP contribution in [0.5, 0.6) is 0 Å². The van der Waals surface area contributed by atoms with Crippen LogP contribution in [0.25, 0.3) is 112 Å². The zero-order valence-electron chi connectivity index (χ0n) is 32.9. The highest BCUT2D eigenvalue weighted by Crippen LogP contribution is 2.35. The number of benzene rings is 8. The first-order chi connectivity index (χ1) is 30.2. The third-order valence-electron chi connectivity index (χ3n) is 10.9. The predicted molar refractivity (Wildman–Crippen MR) is 246 cm³/mol. The molecule has 0 aliphatic heterocycles. The van der Waals surface area contributed by atoms with E-state index in [1.807, 2.05) is 78.9 Å². The molecule has 0 unspecified atom stereocenters. The molecule has 286 valence electrons. The van der Waals surface area contributed by atoms with Gasteiger partial charge in [0.2, 0.25) is 0 Å². The summed E-state index contributed by atoms with van der Waals surface area (Å²) in [5, 5.41) is 2.15. The Morgan fingerprint density at radius 2 is 0.639 bits per heavy atom. The van der Waals surface area contributed by atoms with E-state index in [4.69, 9.17) is 29.3 Å². The normalized spacial score (nSPS) is 11.3. The van der Waals surface area contributed by atoms with Gasteiger partial charge >= 0.3 is 0 Å². The largest absolute Gasteiger partial charge is 0.456 e. The zero-order chi connectivity index (χ0) is 40.5. The monoisotopic (exact) mass is 781 g/mol. The van der Waals surface area contributed by atoms with Crippen LogP contribution in [-0.4, -0.2) is 24.9 Å². The molecule has 6 heteroatoms. The first-order valence-electron chi connectivity index (χ1n) is 20.2. The van der Waals surface area contributed by atoms with E-state index in [2.05, 4.69) is 133 Å². The van der Waals surface area contributed by atoms with Crippen LogP contribution in [0.1, 0.15) is 0 Å². The summed E-state index contributed by atoms with van der Waals surface area (Å²) in [6.07, 6.45) is 0. The zero-order valence-corrected chi connectivity index (χ0v) is 32.9. The standard InChI is InChI=1S/C55H35N5O/c1-4-15-36(16-5-1)39-21-13-25-43(32-39)54-58-52(38-19-8-3-9-20-38)59-55(60-54)44-26-14-23-41(33-44)40-22-12-24-42(31-40)49-35-48(37-17-6-2-7-18-37)56-53(57-49)45-29-30-47-46-27-10-11-28-50(46)61-51(47)34-45/h1-35H. The summed E-state index contributed by atoms with van der Waals surface area (Å²) in [5.41, 5.74) is 13.2. The first kappa shape index (κ1) is 35.8. The van der Waals surface area contributed by atoms with E-state index in [-0.39, 0.29) is 0 Å². The summed E-state index contributed by atoms with van der Waals surface area (Å²) in [6.45, 7) is 0. The minimum absolute atomic E-state index is 0.598. The lowest BCUT2D eigenvalue weighted by molar-refractivity contribution is 0.669. The number of nitrogens with zero attached hydrogens (tertiary/aromatic N) is 5. The second-order valence-corrected chi connectivity index (χ2v) is 14.9. The van der Waals surface area contributed by atoms with Crippen molar-refractivity contribution in [1.29, 1.82) is 0 Å². The summed E-state index contributed by atoms with van der Waals surface area (Å²) in [5.74, 6) is 2.45. The Kier molecular flexibility index (Phi) is 9.06. The number of para-hydroxylation sites is 1. The molecule has 11 rings (SSSR count). The number of hydrogen-bond donors (Lipinski definition) is 0. The maximum atomic E-state index is 6.26. The molecule has 0 atom stereocenters. The van der Waals surface area contributed by atoms with Crippen molar-refractivity contribution < 1.29 is 4.42 Å². The fourth-order valence-corrected chi connectivity index (χ4v) is 7.86. The van der Waals surface area contributed by atoms with Crippen molar-refractivity contribution in [1.82, 2.24) is 24.9 Å². The third kappa shape index (κ3) is 7.13. The minimum atomic E-state index is 0.598. The van der Waals surface area contributed by atoms with E-state index in [0.29, 0.717) is 23.3 Å². The molecule has 0 N–H and O–H groups in total. The molecule has 61 heavy (non-hydrogen) atoms. The predicted octanol–water partition coefficient (Wildman–Crippen LogP) is 13.9. The summed E-state index contributed by atoms with van der Waals surface area (Å²) in [4.78, 5) is 25.4. The summed E-state index contributed by atoms with van der Waals surface area (Å²) >= 11 is 0. The number of hydrogen-bond acceptors (Lipinski definition) is 6. The van der Waals surface area contributed by atoms with Gasteiger partial charge in [-0.1, -0.05) is 170 Å². The quantitative estimate of drug-likeness (QED) is 0.153. The lowest BCUT2D eigenvalue weighted by Crippen LogP contribution is -2.00. The van der Waals surface area contributed by atoms with Gasteiger partial charge in [0.1, 0.15) is 11.2 Å². The molecule has 0 bridgehead atoms. The molecule has 0 saturated carbocycles. The molecular formula is C55H35N5O. The second-order valence-electron chi connectivity index (χ2n) is 14.9. The van der Waals surface area contributed by atoms with Gasteiger partial charge in [0.15, 0.2) is 23.3 Å². The fraction of sp³-hybridized carbons (Fsp3) is 0. The Labute approximate surface area is 352 Å². The molecule has 3 aromatic heterocycles. The van der Waals surface area contributed by atoms with Gasteiger partial charge in [-0.3, -0.25) is 0 Å². The third-order valence-corrected chi connectivity index (χ3v) is 10.9. The molecule has 11 aromatic rings. The van der Waals surface area contributed by atoms with Crippen molar-refractivity contribution in [3.63, 3.8) is 0 Å². The van der Waals surface area contributed by atoms with Gasteiger partial charge in [0.05, 0.1) is 11.4 Å². The van der Waals surface area contributed by atoms with Crippen molar-refractivity contribution in [2.45, 2.75) is 0 Å². The van der Waals surface area contributed by atoms with Gasteiger partial charge in [0, 0.05) is 44.2 Å². The minimum Gasteiger partial charge on any atom is -0.456 e. The van der Waals surface area contributed by atoms with E-state index >= 15 is 0 Å². The van der Waals surface area contributed by atoms with Crippen molar-refractivity contribution in [3.8, 4) is 90.3 Å². The van der Waals surface area contributed by atoms with E-state index in [0.717, 1.165) is 89.0 Å². The Bertz CT molecular complexity index is 3360. The lowest BCUT2D eigenvalue weighted by atomic mass is 9.99. The number of furan rings is 1. The molecule has 0 aliphatic rings. The van der Waals surface area contributed by atoms with E-state index in [9.17, 15) is 0 Å². The van der Waals surface area contributed by atoms with E-state index < -0.39 is 0 Å². The van der Waals surface area contributed by atoms with Gasteiger partial charge in [0.25, 0.3) is 0 Å². The number of rotatable bonds is 8. The van der Waals surface area contributed by atoms with Gasteiger partial charge in [-0.2, -0.15) is 0 Å². The maximum absolute atomic E-state index is 6.26. The smallest absolute Gasteiger partial charge is 0.164 e. The maximum Gasteiger partial charge on any atom is 0.164 e. The highest BCUT2D eigenvalue weighted by atomic mass is 16.3. The van der Waals surface area contributed by atoms with Gasteiger partial charge in [-0.25, -0.2) is 24.9 Å². The molecular weight excluding hydrogens is 747 g/mol. The van der Waals surface area contributed by atoms with Crippen LogP contribution in [0.4, 0.5) is 0 Å². The van der Waals surface area contributed by atoms with Crippen molar-refractivity contribution in [2.75, 3.05) is 0 Å². The molecule has 8 aromatic carbocycles. The molecule has 0 saturated heterocycles. The summed E-state index contributed by atoms with van der Waals surface area (Å²) in [6, 6.07) is 72.3. The van der Waals surface area contributed by atoms with Crippen LogP contribution in [0.2, 0.25) is 0 Å². The van der Waals surface area contributed by atoms with Gasteiger partial charge in [-0.15, -0.1) is 0 Å². The molecule has 0 fully saturated rings. The summed E-state index contributed by atoms with van der Waals surface area (Å²) < 4.78 is 6.26. The van der Waals surface area contributed by atoms with Crippen molar-refractivity contribution in [3.05, 3.63) is 212 Å². The SMILES string of the molecule is c1ccc(-c2cccc(-c3nc(-c4ccccc4)nc(-c4cccc(-c5cccc(-c6cc(-c7ccccc7)nc(-c7ccc8c(c7)oc7ccccc78)n6)c5)c4)n3)c2)cc1. The Morgan fingerprint density at radius 3 is 1.28 bits per heavy atom. The second kappa shape index (κ2) is 15.4. The number of aromatic nitrogens is 5. The van der Waals surface area contributed by atoms with Crippen LogP contribution in [-0.2, 0) is 0 Å². The molecule has 0 spiro atoms. The lowest BCUT2D eigenvalue weighted by Gasteiger charge is -2.12. The van der Waals surface area contributed by atoms with E-state index in [1.54, 1.807) is 0 Å². The molecule has 3 heterocycles. The molecule has 0 amide bonds. The average molecular weight is 782 g/mol. The van der Waals surface area contributed by atoms with Crippen LogP contribution in [0.3, 0.4) is 0 Å². The first-order valence-corrected chi connectivity index (χ1v) is 20.2. The fourth-order valence-electron chi connectivity index (χ4n) is 7.86. The van der Waals surface area contributed by atoms with Crippen molar-refractivity contribution >= 4 is 21.9 Å². The van der Waals surface area contributed by atoms with Crippen molar-refractivity contribution in [2.24, 2.45) is 0 Å². The molecule has 0 radical (unpaired) electrons. The van der Waals surface area contributed by atoms with E-state index in [1.165, 1.54) is 0 Å². The van der Waals surface area contributed by atoms with Crippen LogP contribution in [0.15, 0.2) is 217 Å². The average Bonchev–Trinajstić information content (AvgIpc) is 3.73. The van der Waals surface area contributed by atoms with Crippen LogP contribution < -0.4 is 0 Å². The van der Waals surface area contributed by atoms with Crippen LogP contribution >= 0.6 is 0 Å².